The van der Waals surface area contributed by atoms with Crippen LogP contribution in [0.5, 0.6) is 0 Å². The molecule has 2 aromatic carbocycles. The highest BCUT2D eigenvalue weighted by Crippen LogP contribution is 2.24. The fourth-order valence-corrected chi connectivity index (χ4v) is 4.67. The lowest BCUT2D eigenvalue weighted by Crippen LogP contribution is -2.15. The molecule has 0 aliphatic carbocycles. The fourth-order valence-electron chi connectivity index (χ4n) is 2.69. The number of sulfonamides is 1. The summed E-state index contributed by atoms with van der Waals surface area (Å²) in [6.45, 7) is 1.81. The normalized spacial score (nSPS) is 11.1. The standard InChI is InChI=1S/C19H18N4O5S2/c1-2-13-8-9-14(10-17(13)23(25)26)20-18(24)11-15-12-29-19(21-15)22-30(27,28)16-6-4-3-5-7-16/h3-10,12H,2,11H2,1H3,(H,20,24)(H,21,22). The number of nitrogens with zero attached hydrogens (tertiary/aromatic N) is 2. The molecule has 9 nitrogen and oxygen atoms in total. The third-order valence-corrected chi connectivity index (χ3v) is 6.41. The van der Waals surface area contributed by atoms with E-state index in [1.54, 1.807) is 35.7 Å². The smallest absolute Gasteiger partial charge is 0.274 e. The minimum Gasteiger partial charge on any atom is -0.325 e. The third kappa shape index (κ3) is 5.19. The Labute approximate surface area is 177 Å². The first kappa shape index (κ1) is 21.4. The van der Waals surface area contributed by atoms with Crippen LogP contribution in [0.3, 0.4) is 0 Å². The summed E-state index contributed by atoms with van der Waals surface area (Å²) in [6.07, 6.45) is 0.401. The van der Waals surface area contributed by atoms with Crippen LogP contribution in [0.25, 0.3) is 0 Å². The highest BCUT2D eigenvalue weighted by atomic mass is 32.2. The molecule has 0 bridgehead atoms. The summed E-state index contributed by atoms with van der Waals surface area (Å²) >= 11 is 1.06. The Hall–Kier alpha value is -3.31. The topological polar surface area (TPSA) is 131 Å². The summed E-state index contributed by atoms with van der Waals surface area (Å²) in [5, 5.41) is 15.5. The fraction of sp³-hybridized carbons (Fsp3) is 0.158. The van der Waals surface area contributed by atoms with E-state index >= 15 is 0 Å². The summed E-state index contributed by atoms with van der Waals surface area (Å²) < 4.78 is 27.1. The van der Waals surface area contributed by atoms with Crippen molar-refractivity contribution in [2.45, 2.75) is 24.7 Å². The predicted molar refractivity (Wildman–Crippen MR) is 114 cm³/mol. The quantitative estimate of drug-likeness (QED) is 0.401. The Bertz CT molecular complexity index is 1180. The van der Waals surface area contributed by atoms with Gasteiger partial charge in [-0.1, -0.05) is 31.2 Å². The SMILES string of the molecule is CCc1ccc(NC(=O)Cc2csc(NS(=O)(=O)c3ccccc3)n2)cc1[N+](=O)[O-]. The highest BCUT2D eigenvalue weighted by Gasteiger charge is 2.17. The van der Waals surface area contributed by atoms with Crippen molar-refractivity contribution >= 4 is 43.8 Å². The maximum Gasteiger partial charge on any atom is 0.274 e. The second-order valence-electron chi connectivity index (χ2n) is 6.24. The molecule has 0 unspecified atom stereocenters. The van der Waals surface area contributed by atoms with Crippen molar-refractivity contribution in [3.63, 3.8) is 0 Å². The second-order valence-corrected chi connectivity index (χ2v) is 8.78. The number of amides is 1. The first-order valence-corrected chi connectivity index (χ1v) is 11.2. The van der Waals surface area contributed by atoms with Crippen molar-refractivity contribution in [3.05, 3.63) is 75.3 Å². The third-order valence-electron chi connectivity index (χ3n) is 4.12. The van der Waals surface area contributed by atoms with Crippen molar-refractivity contribution in [3.8, 4) is 0 Å². The van der Waals surface area contributed by atoms with Crippen LogP contribution in [0.4, 0.5) is 16.5 Å². The van der Waals surface area contributed by atoms with Gasteiger partial charge in [0.15, 0.2) is 5.13 Å². The lowest BCUT2D eigenvalue weighted by atomic mass is 10.1. The lowest BCUT2D eigenvalue weighted by Gasteiger charge is -2.06. The van der Waals surface area contributed by atoms with Gasteiger partial charge >= 0.3 is 0 Å². The van der Waals surface area contributed by atoms with Crippen LogP contribution in [0.2, 0.25) is 0 Å². The number of hydrogen-bond acceptors (Lipinski definition) is 7. The van der Waals surface area contributed by atoms with Crippen LogP contribution in [0, 0.1) is 10.1 Å². The molecule has 0 aliphatic rings. The Morgan fingerprint density at radius 1 is 1.20 bits per heavy atom. The summed E-state index contributed by atoms with van der Waals surface area (Å²) in [5.74, 6) is -0.420. The number of hydrogen-bond donors (Lipinski definition) is 2. The Morgan fingerprint density at radius 3 is 2.60 bits per heavy atom. The molecule has 0 radical (unpaired) electrons. The average Bonchev–Trinajstić information content (AvgIpc) is 3.14. The van der Waals surface area contributed by atoms with E-state index in [2.05, 4.69) is 15.0 Å². The van der Waals surface area contributed by atoms with Crippen molar-refractivity contribution in [2.24, 2.45) is 0 Å². The summed E-state index contributed by atoms with van der Waals surface area (Å²) in [7, 11) is -3.76. The molecule has 3 rings (SSSR count). The molecule has 30 heavy (non-hydrogen) atoms. The Balaban J connectivity index is 1.65. The number of rotatable bonds is 8. The number of carbonyl (C=O) groups excluding carboxylic acids is 1. The molecule has 0 saturated carbocycles. The number of nitrogens with one attached hydrogen (secondary N) is 2. The number of aromatic nitrogens is 1. The lowest BCUT2D eigenvalue weighted by molar-refractivity contribution is -0.385. The summed E-state index contributed by atoms with van der Waals surface area (Å²) in [4.78, 5) is 27.2. The molecular weight excluding hydrogens is 428 g/mol. The van der Waals surface area contributed by atoms with Crippen LogP contribution < -0.4 is 10.0 Å². The van der Waals surface area contributed by atoms with Gasteiger partial charge in [-0.3, -0.25) is 19.6 Å². The number of nitro benzene ring substituents is 1. The molecule has 3 aromatic rings. The number of nitro groups is 1. The van der Waals surface area contributed by atoms with Gasteiger partial charge in [-0.15, -0.1) is 11.3 Å². The van der Waals surface area contributed by atoms with Crippen LogP contribution in [-0.2, 0) is 27.7 Å². The zero-order valence-electron chi connectivity index (χ0n) is 15.9. The molecule has 11 heteroatoms. The molecule has 0 aliphatic heterocycles. The maximum atomic E-state index is 12.3. The van der Waals surface area contributed by atoms with Crippen molar-refractivity contribution in [2.75, 3.05) is 10.0 Å². The average molecular weight is 447 g/mol. The van der Waals surface area contributed by atoms with E-state index in [9.17, 15) is 23.3 Å². The molecule has 0 atom stereocenters. The second kappa shape index (κ2) is 9.01. The monoisotopic (exact) mass is 446 g/mol. The molecular formula is C19H18N4O5S2. The van der Waals surface area contributed by atoms with Gasteiger partial charge in [0.05, 0.1) is 21.9 Å². The summed E-state index contributed by atoms with van der Waals surface area (Å²) in [5.41, 5.74) is 1.21. The van der Waals surface area contributed by atoms with Gasteiger partial charge in [-0.25, -0.2) is 13.4 Å². The van der Waals surface area contributed by atoms with E-state index in [0.29, 0.717) is 23.4 Å². The van der Waals surface area contributed by atoms with E-state index in [4.69, 9.17) is 0 Å². The zero-order chi connectivity index (χ0) is 21.7. The van der Waals surface area contributed by atoms with Crippen LogP contribution in [-0.4, -0.2) is 24.2 Å². The van der Waals surface area contributed by atoms with Crippen LogP contribution >= 0.6 is 11.3 Å². The van der Waals surface area contributed by atoms with Gasteiger partial charge in [-0.2, -0.15) is 0 Å². The Kier molecular flexibility index (Phi) is 6.43. The molecule has 1 amide bonds. The van der Waals surface area contributed by atoms with E-state index in [1.807, 2.05) is 6.92 Å². The van der Waals surface area contributed by atoms with Gasteiger partial charge in [0.1, 0.15) is 0 Å². The first-order chi connectivity index (χ1) is 14.3. The van der Waals surface area contributed by atoms with Crippen LogP contribution in [0.1, 0.15) is 18.2 Å². The first-order valence-electron chi connectivity index (χ1n) is 8.88. The zero-order valence-corrected chi connectivity index (χ0v) is 17.5. The van der Waals surface area contributed by atoms with Crippen molar-refractivity contribution < 1.29 is 18.1 Å². The number of carbonyl (C=O) groups is 1. The predicted octanol–water partition coefficient (Wildman–Crippen LogP) is 3.60. The number of aryl methyl sites for hydroxylation is 1. The number of benzene rings is 2. The van der Waals surface area contributed by atoms with Gasteiger partial charge in [0.2, 0.25) is 5.91 Å². The van der Waals surface area contributed by atoms with Crippen molar-refractivity contribution in [1.82, 2.24) is 4.98 Å². The molecule has 0 spiro atoms. The van der Waals surface area contributed by atoms with E-state index in [-0.39, 0.29) is 22.1 Å². The number of thiazole rings is 1. The highest BCUT2D eigenvalue weighted by molar-refractivity contribution is 7.93. The molecule has 156 valence electrons. The minimum absolute atomic E-state index is 0.0541. The molecule has 0 saturated heterocycles. The largest absolute Gasteiger partial charge is 0.325 e. The number of anilines is 2. The van der Waals surface area contributed by atoms with E-state index in [0.717, 1.165) is 11.3 Å². The summed E-state index contributed by atoms with van der Waals surface area (Å²) in [6, 6.07) is 12.4. The van der Waals surface area contributed by atoms with Crippen LogP contribution in [0.15, 0.2) is 58.8 Å². The molecule has 1 aromatic heterocycles. The van der Waals surface area contributed by atoms with E-state index in [1.165, 1.54) is 18.2 Å². The maximum absolute atomic E-state index is 12.3. The van der Waals surface area contributed by atoms with Crippen molar-refractivity contribution in [1.29, 1.82) is 0 Å². The minimum atomic E-state index is -3.76. The molecule has 2 N–H and O–H groups in total. The van der Waals surface area contributed by atoms with Gasteiger partial charge in [0.25, 0.3) is 15.7 Å². The van der Waals surface area contributed by atoms with Gasteiger partial charge < -0.3 is 5.32 Å². The van der Waals surface area contributed by atoms with Gasteiger partial charge in [0, 0.05) is 22.7 Å². The molecule has 0 fully saturated rings. The molecule has 1 heterocycles. The van der Waals surface area contributed by atoms with Gasteiger partial charge in [-0.05, 0) is 24.6 Å². The van der Waals surface area contributed by atoms with E-state index < -0.39 is 20.9 Å². The Morgan fingerprint density at radius 2 is 1.93 bits per heavy atom.